The van der Waals surface area contributed by atoms with Gasteiger partial charge in [0.25, 0.3) is 0 Å². The maximum Gasteiger partial charge on any atom is 0.160 e. The Labute approximate surface area is 266 Å². The Morgan fingerprint density at radius 3 is 1.83 bits per heavy atom. The molecule has 0 amide bonds. The van der Waals surface area contributed by atoms with Gasteiger partial charge in [0.15, 0.2) is 5.82 Å². The number of aromatic nitrogens is 2. The molecule has 46 heavy (non-hydrogen) atoms. The fourth-order valence-corrected chi connectivity index (χ4v) is 6.52. The molecular weight excluding hydrogens is 562 g/mol. The standard InChI is InChI=1S/C42H27N3O/c1-3-14-28(15-4-1)35-27-36(44-42(43-35)29-16-5-2-6-17-29)30-18-13-19-31(26-30)45-37-23-10-7-20-32(37)40-34-22-9-12-25-39(34)46-41(40)33-21-8-11-24-38(33)45/h1-27H. The van der Waals surface area contributed by atoms with Crippen molar-refractivity contribution in [2.45, 2.75) is 0 Å². The van der Waals surface area contributed by atoms with Gasteiger partial charge in [0.2, 0.25) is 0 Å². The van der Waals surface area contributed by atoms with E-state index in [1.165, 1.54) is 0 Å². The second-order valence-corrected chi connectivity index (χ2v) is 11.4. The van der Waals surface area contributed by atoms with Gasteiger partial charge in [-0.25, -0.2) is 9.97 Å². The minimum Gasteiger partial charge on any atom is -0.455 e. The molecule has 4 nitrogen and oxygen atoms in total. The minimum absolute atomic E-state index is 0.698. The first-order chi connectivity index (χ1) is 22.8. The highest BCUT2D eigenvalue weighted by molar-refractivity contribution is 6.10. The first-order valence-corrected chi connectivity index (χ1v) is 15.4. The van der Waals surface area contributed by atoms with Crippen molar-refractivity contribution in [2.75, 3.05) is 4.90 Å². The van der Waals surface area contributed by atoms with Crippen molar-refractivity contribution >= 4 is 28.0 Å². The van der Waals surface area contributed by atoms with Crippen LogP contribution in [-0.2, 0) is 0 Å². The number of nitrogens with zero attached hydrogens (tertiary/aromatic N) is 3. The Kier molecular flexibility index (Phi) is 6.10. The van der Waals surface area contributed by atoms with Crippen molar-refractivity contribution in [1.82, 2.24) is 9.97 Å². The van der Waals surface area contributed by atoms with E-state index < -0.39 is 0 Å². The average molecular weight is 590 g/mol. The van der Waals surface area contributed by atoms with Crippen LogP contribution in [0.4, 0.5) is 17.1 Å². The summed E-state index contributed by atoms with van der Waals surface area (Å²) in [6.45, 7) is 0. The van der Waals surface area contributed by atoms with Gasteiger partial charge < -0.3 is 9.32 Å². The first-order valence-electron chi connectivity index (χ1n) is 15.4. The Morgan fingerprint density at radius 1 is 0.457 bits per heavy atom. The van der Waals surface area contributed by atoms with Gasteiger partial charge in [-0.15, -0.1) is 0 Å². The molecule has 4 heteroatoms. The van der Waals surface area contributed by atoms with E-state index in [1.807, 2.05) is 48.5 Å². The molecule has 0 unspecified atom stereocenters. The zero-order valence-electron chi connectivity index (χ0n) is 24.8. The Balaban J connectivity index is 1.25. The number of hydrogen-bond donors (Lipinski definition) is 0. The van der Waals surface area contributed by atoms with Crippen LogP contribution in [-0.4, -0.2) is 9.97 Å². The summed E-state index contributed by atoms with van der Waals surface area (Å²) in [5, 5.41) is 1.11. The first kappa shape index (κ1) is 26.2. The van der Waals surface area contributed by atoms with E-state index in [-0.39, 0.29) is 0 Å². The molecule has 0 spiro atoms. The molecule has 0 atom stereocenters. The van der Waals surface area contributed by atoms with Crippen LogP contribution in [0.3, 0.4) is 0 Å². The van der Waals surface area contributed by atoms with Crippen LogP contribution >= 0.6 is 0 Å². The summed E-state index contributed by atoms with van der Waals surface area (Å²) in [6, 6.07) is 56.6. The minimum atomic E-state index is 0.698. The Hall–Kier alpha value is -6.26. The fraction of sp³-hybridized carbons (Fsp3) is 0. The lowest BCUT2D eigenvalue weighted by Gasteiger charge is -2.27. The van der Waals surface area contributed by atoms with Gasteiger partial charge in [-0.3, -0.25) is 0 Å². The molecule has 0 bridgehead atoms. The molecule has 0 aliphatic carbocycles. The lowest BCUT2D eigenvalue weighted by atomic mass is 9.98. The molecule has 0 saturated heterocycles. The lowest BCUT2D eigenvalue weighted by Crippen LogP contribution is -2.11. The van der Waals surface area contributed by atoms with Crippen molar-refractivity contribution < 1.29 is 4.42 Å². The monoisotopic (exact) mass is 589 g/mol. The van der Waals surface area contributed by atoms with Crippen LogP contribution < -0.4 is 4.90 Å². The molecule has 0 saturated carbocycles. The normalized spacial score (nSPS) is 11.9. The number of anilines is 3. The van der Waals surface area contributed by atoms with Gasteiger partial charge in [-0.2, -0.15) is 0 Å². The van der Waals surface area contributed by atoms with Gasteiger partial charge in [-0.1, -0.05) is 121 Å². The summed E-state index contributed by atoms with van der Waals surface area (Å²) in [5.74, 6) is 1.59. The average Bonchev–Trinajstić information content (AvgIpc) is 3.47. The second-order valence-electron chi connectivity index (χ2n) is 11.4. The number of hydrogen-bond acceptors (Lipinski definition) is 4. The molecular formula is C42H27N3O. The molecule has 9 rings (SSSR count). The molecule has 0 fully saturated rings. The molecule has 0 radical (unpaired) electrons. The van der Waals surface area contributed by atoms with E-state index in [2.05, 4.69) is 120 Å². The number of benzene rings is 6. The number of fused-ring (bicyclic) bond motifs is 7. The third-order valence-corrected chi connectivity index (χ3v) is 8.63. The smallest absolute Gasteiger partial charge is 0.160 e. The molecule has 3 heterocycles. The number of para-hydroxylation sites is 3. The van der Waals surface area contributed by atoms with Crippen LogP contribution in [0.1, 0.15) is 0 Å². The van der Waals surface area contributed by atoms with E-state index in [0.717, 1.165) is 78.6 Å². The zero-order chi connectivity index (χ0) is 30.5. The predicted octanol–water partition coefficient (Wildman–Crippen LogP) is 11.3. The summed E-state index contributed by atoms with van der Waals surface area (Å²) >= 11 is 0. The number of rotatable bonds is 4. The fourth-order valence-electron chi connectivity index (χ4n) is 6.52. The van der Waals surface area contributed by atoms with Crippen molar-refractivity contribution in [2.24, 2.45) is 0 Å². The molecule has 6 aromatic carbocycles. The second kappa shape index (κ2) is 10.7. The third kappa shape index (κ3) is 4.31. The largest absolute Gasteiger partial charge is 0.455 e. The van der Waals surface area contributed by atoms with Crippen LogP contribution in [0.15, 0.2) is 168 Å². The van der Waals surface area contributed by atoms with E-state index in [4.69, 9.17) is 14.4 Å². The SMILES string of the molecule is c1ccc(-c2cc(-c3cccc(N4c5ccccc5-c5oc6ccccc6c5-c5ccccc54)c3)nc(-c3ccccc3)n2)cc1. The van der Waals surface area contributed by atoms with Crippen LogP contribution in [0.5, 0.6) is 0 Å². The topological polar surface area (TPSA) is 42.2 Å². The lowest BCUT2D eigenvalue weighted by molar-refractivity contribution is 0.633. The summed E-state index contributed by atoms with van der Waals surface area (Å²) in [6.07, 6.45) is 0. The van der Waals surface area contributed by atoms with Crippen molar-refractivity contribution in [1.29, 1.82) is 0 Å². The summed E-state index contributed by atoms with van der Waals surface area (Å²) < 4.78 is 6.60. The maximum absolute atomic E-state index is 6.60. The van der Waals surface area contributed by atoms with Crippen molar-refractivity contribution in [3.8, 4) is 56.4 Å². The zero-order valence-corrected chi connectivity index (χ0v) is 24.8. The van der Waals surface area contributed by atoms with Crippen LogP contribution in [0.25, 0.3) is 67.3 Å². The molecule has 2 aromatic heterocycles. The van der Waals surface area contributed by atoms with E-state index in [1.54, 1.807) is 0 Å². The van der Waals surface area contributed by atoms with E-state index >= 15 is 0 Å². The van der Waals surface area contributed by atoms with Gasteiger partial charge in [0, 0.05) is 44.5 Å². The molecule has 8 aromatic rings. The van der Waals surface area contributed by atoms with Crippen molar-refractivity contribution in [3.63, 3.8) is 0 Å². The molecule has 0 N–H and O–H groups in total. The van der Waals surface area contributed by atoms with Gasteiger partial charge in [0.05, 0.1) is 22.8 Å². The summed E-state index contributed by atoms with van der Waals surface area (Å²) in [7, 11) is 0. The van der Waals surface area contributed by atoms with Gasteiger partial charge in [0.1, 0.15) is 11.3 Å². The summed E-state index contributed by atoms with van der Waals surface area (Å²) in [4.78, 5) is 12.4. The number of furan rings is 1. The van der Waals surface area contributed by atoms with Crippen molar-refractivity contribution in [3.05, 3.63) is 164 Å². The molecule has 216 valence electrons. The van der Waals surface area contributed by atoms with E-state index in [9.17, 15) is 0 Å². The quantitative estimate of drug-likeness (QED) is 0.205. The van der Waals surface area contributed by atoms with Gasteiger partial charge >= 0.3 is 0 Å². The highest BCUT2D eigenvalue weighted by Crippen LogP contribution is 2.53. The highest BCUT2D eigenvalue weighted by atomic mass is 16.3. The molecule has 1 aliphatic rings. The predicted molar refractivity (Wildman–Crippen MR) is 187 cm³/mol. The maximum atomic E-state index is 6.60. The summed E-state index contributed by atoms with van der Waals surface area (Å²) in [5.41, 5.74) is 12.2. The van der Waals surface area contributed by atoms with E-state index in [0.29, 0.717) is 5.82 Å². The van der Waals surface area contributed by atoms with Crippen LogP contribution in [0.2, 0.25) is 0 Å². The van der Waals surface area contributed by atoms with Gasteiger partial charge in [-0.05, 0) is 42.5 Å². The Bertz CT molecular complexity index is 2320. The Morgan fingerprint density at radius 2 is 1.04 bits per heavy atom. The highest BCUT2D eigenvalue weighted by Gasteiger charge is 2.30. The van der Waals surface area contributed by atoms with Crippen LogP contribution in [0, 0.1) is 0 Å². The molecule has 1 aliphatic heterocycles. The third-order valence-electron chi connectivity index (χ3n) is 8.63.